The smallest absolute Gasteiger partial charge is 0.0679 e. The minimum Gasteiger partial charge on any atom is -0.392 e. The molecule has 0 bridgehead atoms. The highest BCUT2D eigenvalue weighted by atomic mass is 16.3. The van der Waals surface area contributed by atoms with Gasteiger partial charge in [-0.15, -0.1) is 0 Å². The average molecular weight is 231 g/mol. The molecule has 17 heavy (non-hydrogen) atoms. The highest BCUT2D eigenvalue weighted by molar-refractivity contribution is 5.32. The van der Waals surface area contributed by atoms with Crippen molar-refractivity contribution in [2.45, 2.75) is 37.7 Å². The van der Waals surface area contributed by atoms with Crippen molar-refractivity contribution in [3.8, 4) is 0 Å². The fourth-order valence-corrected chi connectivity index (χ4v) is 3.33. The fraction of sp³-hybridized carbons (Fsp3) is 0.600. The zero-order valence-corrected chi connectivity index (χ0v) is 10.3. The first-order valence-corrected chi connectivity index (χ1v) is 6.81. The largest absolute Gasteiger partial charge is 0.392 e. The van der Waals surface area contributed by atoms with Crippen LogP contribution in [0.15, 0.2) is 24.3 Å². The molecule has 2 unspecified atom stereocenters. The van der Waals surface area contributed by atoms with Crippen molar-refractivity contribution in [3.05, 3.63) is 35.4 Å². The first-order valence-electron chi connectivity index (χ1n) is 6.81. The molecule has 92 valence electrons. The maximum Gasteiger partial charge on any atom is 0.0679 e. The molecule has 2 nitrogen and oxygen atoms in total. The van der Waals surface area contributed by atoms with E-state index < -0.39 is 0 Å². The van der Waals surface area contributed by atoms with Crippen molar-refractivity contribution in [2.75, 3.05) is 19.6 Å². The second-order valence-corrected chi connectivity index (χ2v) is 5.49. The number of fused-ring (bicyclic) bond motifs is 1. The molecule has 2 heteroatoms. The number of hydrogen-bond donors (Lipinski definition) is 1. The third-order valence-corrected chi connectivity index (χ3v) is 4.22. The van der Waals surface area contributed by atoms with Crippen LogP contribution < -0.4 is 0 Å². The lowest BCUT2D eigenvalue weighted by Crippen LogP contribution is -2.29. The summed E-state index contributed by atoms with van der Waals surface area (Å²) in [5.74, 6) is 0.685. The first kappa shape index (κ1) is 11.2. The summed E-state index contributed by atoms with van der Waals surface area (Å²) in [6.45, 7) is 3.08. The predicted molar refractivity (Wildman–Crippen MR) is 69.2 cm³/mol. The number of nitrogens with zero attached hydrogens (tertiary/aromatic N) is 1. The summed E-state index contributed by atoms with van der Waals surface area (Å²) < 4.78 is 0. The molecule has 1 aliphatic carbocycles. The van der Waals surface area contributed by atoms with Gasteiger partial charge in [0.05, 0.1) is 6.10 Å². The van der Waals surface area contributed by atoms with Gasteiger partial charge >= 0.3 is 0 Å². The Morgan fingerprint density at radius 1 is 1.24 bits per heavy atom. The van der Waals surface area contributed by atoms with E-state index in [2.05, 4.69) is 29.2 Å². The maximum absolute atomic E-state index is 9.58. The fourth-order valence-electron chi connectivity index (χ4n) is 3.33. The Morgan fingerprint density at radius 2 is 2.12 bits per heavy atom. The van der Waals surface area contributed by atoms with Crippen LogP contribution >= 0.6 is 0 Å². The predicted octanol–water partition coefficient (Wildman–Crippen LogP) is 2.17. The molecule has 1 fully saturated rings. The third-order valence-electron chi connectivity index (χ3n) is 4.22. The van der Waals surface area contributed by atoms with E-state index in [4.69, 9.17) is 0 Å². The Morgan fingerprint density at radius 3 is 2.94 bits per heavy atom. The Bertz CT molecular complexity index is 390. The molecule has 0 spiro atoms. The summed E-state index contributed by atoms with van der Waals surface area (Å²) in [4.78, 5) is 2.43. The summed E-state index contributed by atoms with van der Waals surface area (Å²) in [7, 11) is 0. The Hall–Kier alpha value is -0.860. The van der Waals surface area contributed by atoms with Crippen molar-refractivity contribution < 1.29 is 5.11 Å². The first-order chi connectivity index (χ1) is 8.33. The van der Waals surface area contributed by atoms with Gasteiger partial charge in [0, 0.05) is 19.6 Å². The van der Waals surface area contributed by atoms with Gasteiger partial charge in [-0.25, -0.2) is 0 Å². The van der Waals surface area contributed by atoms with Gasteiger partial charge < -0.3 is 10.0 Å². The Kier molecular flexibility index (Phi) is 3.17. The minimum atomic E-state index is -0.0890. The molecule has 0 amide bonds. The quantitative estimate of drug-likeness (QED) is 0.843. The lowest BCUT2D eigenvalue weighted by molar-refractivity contribution is 0.173. The number of aliphatic hydroxyl groups is 1. The molecule has 1 saturated heterocycles. The monoisotopic (exact) mass is 231 g/mol. The van der Waals surface area contributed by atoms with Crippen LogP contribution in [0.5, 0.6) is 0 Å². The van der Waals surface area contributed by atoms with Crippen LogP contribution in [-0.2, 0) is 6.42 Å². The highest BCUT2D eigenvalue weighted by Gasteiger charge is 2.26. The molecule has 1 N–H and O–H groups in total. The molecular weight excluding hydrogens is 210 g/mol. The molecule has 2 atom stereocenters. The summed E-state index contributed by atoms with van der Waals surface area (Å²) in [6, 6.07) is 8.89. The third kappa shape index (κ3) is 2.38. The van der Waals surface area contributed by atoms with Crippen LogP contribution in [0, 0.1) is 0 Å². The molecule has 0 saturated carbocycles. The number of aryl methyl sites for hydroxylation is 1. The zero-order chi connectivity index (χ0) is 11.7. The molecule has 0 radical (unpaired) electrons. The minimum absolute atomic E-state index is 0.0890. The van der Waals surface area contributed by atoms with E-state index in [9.17, 15) is 5.11 Å². The van der Waals surface area contributed by atoms with Crippen LogP contribution in [0.4, 0.5) is 0 Å². The lowest BCUT2D eigenvalue weighted by Gasteiger charge is -2.29. The normalized spacial score (nSPS) is 29.2. The second-order valence-electron chi connectivity index (χ2n) is 5.49. The van der Waals surface area contributed by atoms with E-state index >= 15 is 0 Å². The van der Waals surface area contributed by atoms with E-state index in [1.54, 1.807) is 11.1 Å². The second kappa shape index (κ2) is 4.79. The van der Waals surface area contributed by atoms with Crippen molar-refractivity contribution in [2.24, 2.45) is 0 Å². The van der Waals surface area contributed by atoms with Gasteiger partial charge in [0.25, 0.3) is 0 Å². The number of hydrogen-bond acceptors (Lipinski definition) is 2. The molecule has 1 aliphatic heterocycles. The number of likely N-dealkylation sites (tertiary alicyclic amines) is 1. The standard InChI is InChI=1S/C15H21NO/c17-14-8-9-16(11-14)10-13-6-3-5-12-4-1-2-7-15(12)13/h1-2,4,7,13-14,17H,3,5-6,8-11H2. The van der Waals surface area contributed by atoms with Crippen LogP contribution in [-0.4, -0.2) is 35.7 Å². The topological polar surface area (TPSA) is 23.5 Å². The molecule has 1 aromatic rings. The Balaban J connectivity index is 1.72. The molecule has 1 heterocycles. The van der Waals surface area contributed by atoms with Crippen molar-refractivity contribution in [3.63, 3.8) is 0 Å². The summed E-state index contributed by atoms with van der Waals surface area (Å²) in [5, 5.41) is 9.58. The number of aliphatic hydroxyl groups excluding tert-OH is 1. The molecule has 2 aliphatic rings. The van der Waals surface area contributed by atoms with Gasteiger partial charge in [-0.05, 0) is 42.7 Å². The summed E-state index contributed by atoms with van der Waals surface area (Å²) in [5.41, 5.74) is 3.10. The van der Waals surface area contributed by atoms with Crippen LogP contribution in [0.25, 0.3) is 0 Å². The number of benzene rings is 1. The van der Waals surface area contributed by atoms with E-state index in [1.165, 1.54) is 19.3 Å². The molecule has 0 aromatic heterocycles. The van der Waals surface area contributed by atoms with E-state index in [-0.39, 0.29) is 6.10 Å². The van der Waals surface area contributed by atoms with E-state index in [1.807, 2.05) is 0 Å². The van der Waals surface area contributed by atoms with Gasteiger partial charge in [0.1, 0.15) is 0 Å². The maximum atomic E-state index is 9.58. The summed E-state index contributed by atoms with van der Waals surface area (Å²) >= 11 is 0. The van der Waals surface area contributed by atoms with Crippen LogP contribution in [0.3, 0.4) is 0 Å². The van der Waals surface area contributed by atoms with E-state index in [0.717, 1.165) is 26.1 Å². The van der Waals surface area contributed by atoms with Gasteiger partial charge in [0.15, 0.2) is 0 Å². The number of rotatable bonds is 2. The van der Waals surface area contributed by atoms with Gasteiger partial charge in [-0.3, -0.25) is 0 Å². The van der Waals surface area contributed by atoms with Crippen molar-refractivity contribution >= 4 is 0 Å². The highest BCUT2D eigenvalue weighted by Crippen LogP contribution is 2.32. The Labute approximate surface area is 103 Å². The van der Waals surface area contributed by atoms with E-state index in [0.29, 0.717) is 5.92 Å². The van der Waals surface area contributed by atoms with Gasteiger partial charge in [-0.1, -0.05) is 24.3 Å². The van der Waals surface area contributed by atoms with Crippen molar-refractivity contribution in [1.29, 1.82) is 0 Å². The molecular formula is C15H21NO. The van der Waals surface area contributed by atoms with Crippen molar-refractivity contribution in [1.82, 2.24) is 4.90 Å². The summed E-state index contributed by atoms with van der Waals surface area (Å²) in [6.07, 6.45) is 4.74. The average Bonchev–Trinajstić information content (AvgIpc) is 2.75. The zero-order valence-electron chi connectivity index (χ0n) is 10.3. The SMILES string of the molecule is OC1CCN(CC2CCCc3ccccc32)C1. The molecule has 1 aromatic carbocycles. The van der Waals surface area contributed by atoms with Crippen LogP contribution in [0.2, 0.25) is 0 Å². The van der Waals surface area contributed by atoms with Crippen LogP contribution in [0.1, 0.15) is 36.3 Å². The van der Waals surface area contributed by atoms with Gasteiger partial charge in [0.2, 0.25) is 0 Å². The number of β-amino-alcohol motifs (C(OH)–C–C–N with tert-alkyl or cyclic N) is 1. The molecule has 3 rings (SSSR count). The lowest BCUT2D eigenvalue weighted by atomic mass is 9.82. The van der Waals surface area contributed by atoms with Gasteiger partial charge in [-0.2, -0.15) is 0 Å².